The van der Waals surface area contributed by atoms with Crippen molar-refractivity contribution in [3.05, 3.63) is 46.0 Å². The molecular formula is C16H16N6O2S2. The average Bonchev–Trinajstić information content (AvgIpc) is 3.40. The number of aromatic nitrogens is 4. The fourth-order valence-electron chi connectivity index (χ4n) is 3.09. The highest BCUT2D eigenvalue weighted by atomic mass is 32.1. The number of aryl methyl sites for hydroxylation is 1. The molecule has 4 rings (SSSR count). The van der Waals surface area contributed by atoms with Crippen molar-refractivity contribution in [1.82, 2.24) is 24.3 Å². The van der Waals surface area contributed by atoms with Gasteiger partial charge in [-0.2, -0.15) is 5.10 Å². The average molecular weight is 388 g/mol. The monoisotopic (exact) mass is 388 g/mol. The molecule has 3 aromatic rings. The SMILES string of the molecule is Cn1nccc1C(=O)N1CCC[C@H]1c1ccc(C(=O)Nc2cnns2)s1. The van der Waals surface area contributed by atoms with Gasteiger partial charge in [-0.3, -0.25) is 14.3 Å². The van der Waals surface area contributed by atoms with Crippen molar-refractivity contribution in [3.63, 3.8) is 0 Å². The van der Waals surface area contributed by atoms with Crippen LogP contribution < -0.4 is 5.32 Å². The zero-order valence-electron chi connectivity index (χ0n) is 14.0. The molecule has 1 saturated heterocycles. The van der Waals surface area contributed by atoms with E-state index in [0.717, 1.165) is 29.3 Å². The summed E-state index contributed by atoms with van der Waals surface area (Å²) in [4.78, 5) is 28.7. The van der Waals surface area contributed by atoms with Crippen LogP contribution in [0, 0.1) is 0 Å². The maximum atomic E-state index is 12.8. The number of likely N-dealkylation sites (tertiary alicyclic amines) is 1. The van der Waals surface area contributed by atoms with Crippen LogP contribution in [0.25, 0.3) is 0 Å². The molecule has 8 nitrogen and oxygen atoms in total. The lowest BCUT2D eigenvalue weighted by Crippen LogP contribution is -2.31. The Morgan fingerprint density at radius 2 is 2.19 bits per heavy atom. The topological polar surface area (TPSA) is 93.0 Å². The van der Waals surface area contributed by atoms with E-state index < -0.39 is 0 Å². The number of thiophene rings is 1. The van der Waals surface area contributed by atoms with Gasteiger partial charge in [0.25, 0.3) is 11.8 Å². The van der Waals surface area contributed by atoms with Crippen LogP contribution in [0.4, 0.5) is 5.00 Å². The molecule has 3 aromatic heterocycles. The molecule has 1 aliphatic heterocycles. The lowest BCUT2D eigenvalue weighted by Gasteiger charge is -2.23. The number of hydrogen-bond acceptors (Lipinski definition) is 7. The predicted octanol–water partition coefficient (Wildman–Crippen LogP) is 2.56. The highest BCUT2D eigenvalue weighted by molar-refractivity contribution is 7.14. The number of carbonyl (C=O) groups excluding carboxylic acids is 2. The molecule has 1 N–H and O–H groups in total. The van der Waals surface area contributed by atoms with Crippen LogP contribution in [0.3, 0.4) is 0 Å². The molecule has 1 fully saturated rings. The van der Waals surface area contributed by atoms with Crippen LogP contribution in [0.5, 0.6) is 0 Å². The first-order chi connectivity index (χ1) is 12.6. The van der Waals surface area contributed by atoms with E-state index in [0.29, 0.717) is 22.1 Å². The first-order valence-electron chi connectivity index (χ1n) is 8.11. The van der Waals surface area contributed by atoms with Crippen LogP contribution in [-0.4, -0.2) is 42.6 Å². The fourth-order valence-corrected chi connectivity index (χ4v) is 4.55. The van der Waals surface area contributed by atoms with Gasteiger partial charge in [-0.25, -0.2) is 0 Å². The van der Waals surface area contributed by atoms with Gasteiger partial charge in [0, 0.05) is 36.2 Å². The number of nitrogens with zero attached hydrogens (tertiary/aromatic N) is 5. The van der Waals surface area contributed by atoms with Gasteiger partial charge >= 0.3 is 0 Å². The number of nitrogens with one attached hydrogen (secondary N) is 1. The number of rotatable bonds is 4. The molecule has 2 amide bonds. The minimum absolute atomic E-state index is 0.00554. The van der Waals surface area contributed by atoms with Crippen molar-refractivity contribution in [1.29, 1.82) is 0 Å². The molecular weight excluding hydrogens is 372 g/mol. The Balaban J connectivity index is 1.52. The van der Waals surface area contributed by atoms with Gasteiger partial charge in [0.05, 0.1) is 17.1 Å². The molecule has 10 heteroatoms. The first kappa shape index (κ1) is 16.9. The summed E-state index contributed by atoms with van der Waals surface area (Å²) in [6.45, 7) is 0.709. The van der Waals surface area contributed by atoms with E-state index in [2.05, 4.69) is 20.0 Å². The molecule has 1 aliphatic rings. The summed E-state index contributed by atoms with van der Waals surface area (Å²) >= 11 is 2.55. The van der Waals surface area contributed by atoms with Gasteiger partial charge < -0.3 is 10.2 Å². The minimum atomic E-state index is -0.185. The van der Waals surface area contributed by atoms with E-state index in [1.807, 2.05) is 11.0 Å². The van der Waals surface area contributed by atoms with Crippen LogP contribution in [0.1, 0.15) is 43.9 Å². The molecule has 0 saturated carbocycles. The van der Waals surface area contributed by atoms with E-state index in [9.17, 15) is 9.59 Å². The van der Waals surface area contributed by atoms with Gasteiger partial charge in [0.1, 0.15) is 10.7 Å². The smallest absolute Gasteiger partial charge is 0.272 e. The molecule has 0 radical (unpaired) electrons. The van der Waals surface area contributed by atoms with E-state index in [4.69, 9.17) is 0 Å². The number of carbonyl (C=O) groups is 2. The van der Waals surface area contributed by atoms with Crippen molar-refractivity contribution in [2.75, 3.05) is 11.9 Å². The molecule has 1 atom stereocenters. The van der Waals surface area contributed by atoms with Crippen LogP contribution in [0.15, 0.2) is 30.6 Å². The number of hydrogen-bond donors (Lipinski definition) is 1. The third-order valence-corrected chi connectivity index (χ3v) is 6.10. The molecule has 0 aromatic carbocycles. The largest absolute Gasteiger partial charge is 0.329 e. The van der Waals surface area contributed by atoms with E-state index in [-0.39, 0.29) is 17.9 Å². The zero-order valence-corrected chi connectivity index (χ0v) is 15.6. The van der Waals surface area contributed by atoms with Crippen molar-refractivity contribution in [2.45, 2.75) is 18.9 Å². The Labute approximate surface area is 157 Å². The molecule has 0 aliphatic carbocycles. The van der Waals surface area contributed by atoms with Gasteiger partial charge in [-0.15, -0.1) is 16.4 Å². The summed E-state index contributed by atoms with van der Waals surface area (Å²) < 4.78 is 5.32. The quantitative estimate of drug-likeness (QED) is 0.741. The molecule has 0 spiro atoms. The standard InChI is InChI=1S/C16H16N6O2S2/c1-21-11(6-7-18-21)16(24)22-8-2-3-10(22)12-4-5-13(25-12)15(23)19-14-9-17-20-26-14/h4-7,9-10H,2-3,8H2,1H3,(H,19,23)/t10-/m0/s1. The fraction of sp³-hybridized carbons (Fsp3) is 0.312. The van der Waals surface area contributed by atoms with Gasteiger partial charge in [-0.1, -0.05) is 4.49 Å². The van der Waals surface area contributed by atoms with E-state index in [1.54, 1.807) is 30.1 Å². The highest BCUT2D eigenvalue weighted by Crippen LogP contribution is 2.37. The summed E-state index contributed by atoms with van der Waals surface area (Å²) in [6, 6.07) is 5.46. The maximum Gasteiger partial charge on any atom is 0.272 e. The van der Waals surface area contributed by atoms with Crippen LogP contribution >= 0.6 is 22.9 Å². The number of anilines is 1. The van der Waals surface area contributed by atoms with Gasteiger partial charge in [-0.05, 0) is 31.0 Å². The Kier molecular flexibility index (Phi) is 4.51. The Morgan fingerprint density at radius 3 is 2.92 bits per heavy atom. The lowest BCUT2D eigenvalue weighted by atomic mass is 10.2. The Hall–Kier alpha value is -2.59. The summed E-state index contributed by atoms with van der Waals surface area (Å²) in [6.07, 6.45) is 4.98. The highest BCUT2D eigenvalue weighted by Gasteiger charge is 2.33. The van der Waals surface area contributed by atoms with Crippen LogP contribution in [0.2, 0.25) is 0 Å². The van der Waals surface area contributed by atoms with Crippen molar-refractivity contribution in [2.24, 2.45) is 7.05 Å². The summed E-state index contributed by atoms with van der Waals surface area (Å²) in [5, 5.41) is 11.2. The Morgan fingerprint density at radius 1 is 1.31 bits per heavy atom. The second-order valence-corrected chi connectivity index (χ2v) is 7.84. The molecule has 0 bridgehead atoms. The minimum Gasteiger partial charge on any atom is -0.329 e. The lowest BCUT2D eigenvalue weighted by molar-refractivity contribution is 0.0726. The summed E-state index contributed by atoms with van der Waals surface area (Å²) in [7, 11) is 1.76. The van der Waals surface area contributed by atoms with Gasteiger partial charge in [0.2, 0.25) is 0 Å². The Bertz CT molecular complexity index is 932. The predicted molar refractivity (Wildman–Crippen MR) is 98.4 cm³/mol. The third-order valence-electron chi connectivity index (χ3n) is 4.33. The first-order valence-corrected chi connectivity index (χ1v) is 9.70. The van der Waals surface area contributed by atoms with Crippen LogP contribution in [-0.2, 0) is 7.05 Å². The van der Waals surface area contributed by atoms with E-state index in [1.165, 1.54) is 17.5 Å². The zero-order chi connectivity index (χ0) is 18.1. The van der Waals surface area contributed by atoms with E-state index >= 15 is 0 Å². The maximum absolute atomic E-state index is 12.8. The molecule has 0 unspecified atom stereocenters. The normalized spacial score (nSPS) is 16.8. The third kappa shape index (κ3) is 3.13. The second-order valence-electron chi connectivity index (χ2n) is 5.93. The second kappa shape index (κ2) is 6.96. The molecule has 134 valence electrons. The number of amides is 2. The summed E-state index contributed by atoms with van der Waals surface area (Å²) in [5.41, 5.74) is 0.573. The summed E-state index contributed by atoms with van der Waals surface area (Å²) in [5.74, 6) is -0.211. The molecule has 4 heterocycles. The van der Waals surface area contributed by atoms with Crippen molar-refractivity contribution >= 4 is 39.7 Å². The van der Waals surface area contributed by atoms with Gasteiger partial charge in [0.15, 0.2) is 0 Å². The van der Waals surface area contributed by atoms with Crippen molar-refractivity contribution < 1.29 is 9.59 Å². The molecule has 26 heavy (non-hydrogen) atoms. The van der Waals surface area contributed by atoms with Crippen molar-refractivity contribution in [3.8, 4) is 0 Å².